The fourth-order valence-electron chi connectivity index (χ4n) is 1.66. The second kappa shape index (κ2) is 6.90. The van der Waals surface area contributed by atoms with Crippen LogP contribution in [0, 0.1) is 6.92 Å². The van der Waals surface area contributed by atoms with Gasteiger partial charge in [-0.25, -0.2) is 0 Å². The number of carbonyl (C=O) groups excluding carboxylic acids is 1. The summed E-state index contributed by atoms with van der Waals surface area (Å²) in [4.78, 5) is 26.5. The van der Waals surface area contributed by atoms with E-state index in [1.165, 1.54) is 13.2 Å². The van der Waals surface area contributed by atoms with Gasteiger partial charge < -0.3 is 14.0 Å². The zero-order chi connectivity index (χ0) is 13.5. The summed E-state index contributed by atoms with van der Waals surface area (Å²) >= 11 is 0. The van der Waals surface area contributed by atoms with E-state index in [4.69, 9.17) is 9.47 Å². The maximum Gasteiger partial charge on any atom is 0.307 e. The number of aromatic nitrogens is 2. The average Bonchev–Trinajstić information content (AvgIpc) is 2.28. The van der Waals surface area contributed by atoms with Crippen LogP contribution in [0.4, 0.5) is 0 Å². The molecule has 0 aromatic carbocycles. The molecule has 1 aromatic heterocycles. The molecule has 0 saturated heterocycles. The Morgan fingerprint density at radius 2 is 2.22 bits per heavy atom. The predicted octanol–water partition coefficient (Wildman–Crippen LogP) is 0.651. The van der Waals surface area contributed by atoms with Gasteiger partial charge in [0.2, 0.25) is 0 Å². The molecule has 0 unspecified atom stereocenters. The van der Waals surface area contributed by atoms with Crippen LogP contribution in [-0.2, 0) is 27.4 Å². The standard InChI is InChI=1S/C12H18N2O4/c1-4-18-12(16)5-6-14-9(2)7-11(15)13-10(14)8-17-3/h7H,4-6,8H2,1-3H3. The predicted molar refractivity (Wildman–Crippen MR) is 65.2 cm³/mol. The number of hydrogen-bond donors (Lipinski definition) is 0. The molecule has 100 valence electrons. The van der Waals surface area contributed by atoms with E-state index in [0.29, 0.717) is 19.0 Å². The quantitative estimate of drug-likeness (QED) is 0.697. The lowest BCUT2D eigenvalue weighted by molar-refractivity contribution is -0.143. The van der Waals surface area contributed by atoms with Crippen LogP contribution in [0.3, 0.4) is 0 Å². The number of aryl methyl sites for hydroxylation is 1. The Hall–Kier alpha value is -1.69. The minimum Gasteiger partial charge on any atom is -0.466 e. The van der Waals surface area contributed by atoms with Crippen molar-refractivity contribution in [2.24, 2.45) is 0 Å². The number of methoxy groups -OCH3 is 1. The molecule has 1 heterocycles. The van der Waals surface area contributed by atoms with Crippen molar-refractivity contribution in [3.8, 4) is 0 Å². The zero-order valence-electron chi connectivity index (χ0n) is 10.9. The summed E-state index contributed by atoms with van der Waals surface area (Å²) in [5.74, 6) is 0.255. The first-order chi connectivity index (χ1) is 8.58. The highest BCUT2D eigenvalue weighted by Gasteiger charge is 2.09. The van der Waals surface area contributed by atoms with E-state index in [-0.39, 0.29) is 24.6 Å². The molecule has 18 heavy (non-hydrogen) atoms. The smallest absolute Gasteiger partial charge is 0.307 e. The second-order valence-corrected chi connectivity index (χ2v) is 3.79. The van der Waals surface area contributed by atoms with Crippen molar-refractivity contribution < 1.29 is 14.3 Å². The van der Waals surface area contributed by atoms with Gasteiger partial charge in [0.1, 0.15) is 12.4 Å². The molecule has 1 aromatic rings. The number of hydrogen-bond acceptors (Lipinski definition) is 5. The van der Waals surface area contributed by atoms with Gasteiger partial charge in [0.05, 0.1) is 13.0 Å². The molecule has 6 nitrogen and oxygen atoms in total. The molecular weight excluding hydrogens is 236 g/mol. The summed E-state index contributed by atoms with van der Waals surface area (Å²) in [7, 11) is 1.53. The van der Waals surface area contributed by atoms with E-state index in [1.54, 1.807) is 18.4 Å². The first-order valence-corrected chi connectivity index (χ1v) is 5.80. The monoisotopic (exact) mass is 254 g/mol. The van der Waals surface area contributed by atoms with Crippen LogP contribution in [0.2, 0.25) is 0 Å². The van der Waals surface area contributed by atoms with E-state index in [0.717, 1.165) is 5.69 Å². The normalized spacial score (nSPS) is 10.4. The van der Waals surface area contributed by atoms with Crippen LogP contribution >= 0.6 is 0 Å². The first kappa shape index (κ1) is 14.4. The molecule has 0 aliphatic rings. The maximum atomic E-state index is 11.3. The number of nitrogens with zero attached hydrogens (tertiary/aromatic N) is 2. The number of rotatable bonds is 6. The van der Waals surface area contributed by atoms with Crippen LogP contribution in [-0.4, -0.2) is 29.2 Å². The molecule has 1 rings (SSSR count). The summed E-state index contributed by atoms with van der Waals surface area (Å²) in [5, 5.41) is 0. The van der Waals surface area contributed by atoms with E-state index >= 15 is 0 Å². The molecule has 0 bridgehead atoms. The molecule has 0 spiro atoms. The molecule has 0 aliphatic heterocycles. The first-order valence-electron chi connectivity index (χ1n) is 5.80. The Morgan fingerprint density at radius 1 is 1.50 bits per heavy atom. The molecule has 0 fully saturated rings. The van der Waals surface area contributed by atoms with E-state index in [1.807, 2.05) is 0 Å². The minimum absolute atomic E-state index is 0.236. The summed E-state index contributed by atoms with van der Waals surface area (Å²) in [5.41, 5.74) is 0.457. The molecule has 0 saturated carbocycles. The van der Waals surface area contributed by atoms with Crippen molar-refractivity contribution >= 4 is 5.97 Å². The van der Waals surface area contributed by atoms with Crippen LogP contribution in [0.1, 0.15) is 24.9 Å². The van der Waals surface area contributed by atoms with Crippen LogP contribution in [0.25, 0.3) is 0 Å². The molecule has 0 aliphatic carbocycles. The van der Waals surface area contributed by atoms with Crippen molar-refractivity contribution in [3.63, 3.8) is 0 Å². The van der Waals surface area contributed by atoms with Gasteiger partial charge in [0.25, 0.3) is 5.56 Å². The highest BCUT2D eigenvalue weighted by Crippen LogP contribution is 2.04. The van der Waals surface area contributed by atoms with Crippen LogP contribution < -0.4 is 5.56 Å². The van der Waals surface area contributed by atoms with Gasteiger partial charge in [-0.2, -0.15) is 4.98 Å². The summed E-state index contributed by atoms with van der Waals surface area (Å²) in [6.45, 7) is 4.59. The Kier molecular flexibility index (Phi) is 5.51. The molecule has 6 heteroatoms. The van der Waals surface area contributed by atoms with Gasteiger partial charge in [-0.3, -0.25) is 9.59 Å². The highest BCUT2D eigenvalue weighted by atomic mass is 16.5. The Balaban J connectivity index is 2.86. The average molecular weight is 254 g/mol. The maximum absolute atomic E-state index is 11.3. The lowest BCUT2D eigenvalue weighted by Crippen LogP contribution is -2.21. The van der Waals surface area contributed by atoms with Crippen molar-refractivity contribution in [1.29, 1.82) is 0 Å². The number of carbonyl (C=O) groups is 1. The second-order valence-electron chi connectivity index (χ2n) is 3.79. The van der Waals surface area contributed by atoms with Gasteiger partial charge >= 0.3 is 5.97 Å². The van der Waals surface area contributed by atoms with Gasteiger partial charge in [0, 0.05) is 25.4 Å². The van der Waals surface area contributed by atoms with E-state index < -0.39 is 0 Å². The van der Waals surface area contributed by atoms with Gasteiger partial charge in [-0.15, -0.1) is 0 Å². The lowest BCUT2D eigenvalue weighted by Gasteiger charge is -2.14. The molecule has 0 atom stereocenters. The molecule has 0 radical (unpaired) electrons. The Bertz CT molecular complexity index is 468. The van der Waals surface area contributed by atoms with Gasteiger partial charge in [-0.05, 0) is 13.8 Å². The van der Waals surface area contributed by atoms with Gasteiger partial charge in [-0.1, -0.05) is 0 Å². The SMILES string of the molecule is CCOC(=O)CCn1c(C)cc(=O)nc1COC. The summed E-state index contributed by atoms with van der Waals surface area (Å²) in [6.07, 6.45) is 0.246. The van der Waals surface area contributed by atoms with E-state index in [9.17, 15) is 9.59 Å². The van der Waals surface area contributed by atoms with Crippen molar-refractivity contribution in [3.05, 3.63) is 27.9 Å². The third kappa shape index (κ3) is 3.96. The Morgan fingerprint density at radius 3 is 2.83 bits per heavy atom. The van der Waals surface area contributed by atoms with Crippen LogP contribution in [0.15, 0.2) is 10.9 Å². The fourth-order valence-corrected chi connectivity index (χ4v) is 1.66. The number of esters is 1. The van der Waals surface area contributed by atoms with E-state index in [2.05, 4.69) is 4.98 Å². The highest BCUT2D eigenvalue weighted by molar-refractivity contribution is 5.69. The lowest BCUT2D eigenvalue weighted by atomic mass is 10.3. The minimum atomic E-state index is -0.299. The number of ether oxygens (including phenoxy) is 2. The summed E-state index contributed by atoms with van der Waals surface area (Å²) in [6, 6.07) is 1.43. The molecule has 0 N–H and O–H groups in total. The zero-order valence-corrected chi connectivity index (χ0v) is 10.9. The third-order valence-corrected chi connectivity index (χ3v) is 2.43. The largest absolute Gasteiger partial charge is 0.466 e. The fraction of sp³-hybridized carbons (Fsp3) is 0.583. The Labute approximate surface area is 106 Å². The van der Waals surface area contributed by atoms with Crippen molar-refractivity contribution in [1.82, 2.24) is 9.55 Å². The summed E-state index contributed by atoms with van der Waals surface area (Å²) < 4.78 is 11.6. The van der Waals surface area contributed by atoms with Crippen molar-refractivity contribution in [2.45, 2.75) is 33.4 Å². The van der Waals surface area contributed by atoms with Crippen molar-refractivity contribution in [2.75, 3.05) is 13.7 Å². The molecule has 0 amide bonds. The third-order valence-electron chi connectivity index (χ3n) is 2.43. The van der Waals surface area contributed by atoms with Gasteiger partial charge in [0.15, 0.2) is 0 Å². The topological polar surface area (TPSA) is 70.4 Å². The molecular formula is C12H18N2O4. The van der Waals surface area contributed by atoms with Crippen LogP contribution in [0.5, 0.6) is 0 Å².